The van der Waals surface area contributed by atoms with E-state index < -0.39 is 0 Å². The van der Waals surface area contributed by atoms with E-state index in [0.717, 1.165) is 19.6 Å². The lowest BCUT2D eigenvalue weighted by Gasteiger charge is -2.40. The maximum atomic E-state index is 13.0. The van der Waals surface area contributed by atoms with Crippen molar-refractivity contribution in [1.82, 2.24) is 9.80 Å². The zero-order chi connectivity index (χ0) is 16.2. The van der Waals surface area contributed by atoms with Crippen LogP contribution in [0.4, 0.5) is 0 Å². The Kier molecular flexibility index (Phi) is 4.63. The third kappa shape index (κ3) is 3.37. The minimum absolute atomic E-state index is 0.0610. The molecule has 0 aromatic heterocycles. The van der Waals surface area contributed by atoms with Crippen molar-refractivity contribution in [2.45, 2.75) is 6.04 Å². The number of benzene rings is 2. The topological polar surface area (TPSA) is 32.8 Å². The zero-order valence-electron chi connectivity index (χ0n) is 13.6. The molecule has 0 aliphatic carbocycles. The van der Waals surface area contributed by atoms with Crippen LogP contribution in [0.15, 0.2) is 54.6 Å². The summed E-state index contributed by atoms with van der Waals surface area (Å²) in [7, 11) is 3.72. The number of likely N-dealkylation sites (N-methyl/N-ethyl adjacent to an activating group) is 1. The summed E-state index contributed by atoms with van der Waals surface area (Å²) in [6.45, 7) is 2.46. The van der Waals surface area contributed by atoms with E-state index in [9.17, 15) is 4.79 Å². The molecule has 0 saturated carbocycles. The summed E-state index contributed by atoms with van der Waals surface area (Å²) < 4.78 is 5.24. The lowest BCUT2D eigenvalue weighted by atomic mass is 10.0. The maximum absolute atomic E-state index is 13.0. The van der Waals surface area contributed by atoms with Crippen LogP contribution in [0, 0.1) is 0 Å². The zero-order valence-corrected chi connectivity index (χ0v) is 13.6. The number of nitrogens with zero attached hydrogens (tertiary/aromatic N) is 2. The molecule has 0 unspecified atom stereocenters. The van der Waals surface area contributed by atoms with Crippen LogP contribution in [0.1, 0.15) is 22.0 Å². The van der Waals surface area contributed by atoms with Crippen molar-refractivity contribution in [3.05, 3.63) is 65.7 Å². The van der Waals surface area contributed by atoms with Crippen LogP contribution >= 0.6 is 0 Å². The molecule has 23 heavy (non-hydrogen) atoms. The summed E-state index contributed by atoms with van der Waals surface area (Å²) in [6.07, 6.45) is 0. The minimum atomic E-state index is 0.0610. The fourth-order valence-electron chi connectivity index (χ4n) is 3.04. The number of hydrogen-bond acceptors (Lipinski definition) is 3. The van der Waals surface area contributed by atoms with Gasteiger partial charge in [-0.2, -0.15) is 0 Å². The number of carbonyl (C=O) groups is 1. The van der Waals surface area contributed by atoms with Crippen LogP contribution in [0.3, 0.4) is 0 Å². The highest BCUT2D eigenvalue weighted by molar-refractivity contribution is 5.95. The number of methoxy groups -OCH3 is 1. The molecular formula is C19H22N2O2. The molecule has 3 rings (SSSR count). The minimum Gasteiger partial charge on any atom is -0.497 e. The Morgan fingerprint density at radius 2 is 1.87 bits per heavy atom. The molecule has 1 saturated heterocycles. The molecule has 2 aromatic rings. The van der Waals surface area contributed by atoms with Gasteiger partial charge in [0.05, 0.1) is 13.2 Å². The van der Waals surface area contributed by atoms with E-state index in [4.69, 9.17) is 4.74 Å². The number of rotatable bonds is 3. The van der Waals surface area contributed by atoms with Crippen LogP contribution in [0.25, 0.3) is 0 Å². The second-order valence-electron chi connectivity index (χ2n) is 5.92. The monoisotopic (exact) mass is 310 g/mol. The third-order valence-corrected chi connectivity index (χ3v) is 4.35. The summed E-state index contributed by atoms with van der Waals surface area (Å²) in [4.78, 5) is 17.3. The Hall–Kier alpha value is -2.33. The predicted octanol–water partition coefficient (Wildman–Crippen LogP) is 2.82. The number of ether oxygens (including phenoxy) is 1. The van der Waals surface area contributed by atoms with Gasteiger partial charge in [0, 0.05) is 25.2 Å². The Bertz CT molecular complexity index is 672. The van der Waals surface area contributed by atoms with Gasteiger partial charge in [0.1, 0.15) is 5.75 Å². The number of hydrogen-bond donors (Lipinski definition) is 0. The van der Waals surface area contributed by atoms with Crippen LogP contribution < -0.4 is 4.74 Å². The fourth-order valence-corrected chi connectivity index (χ4v) is 3.04. The molecule has 0 bridgehead atoms. The first-order chi connectivity index (χ1) is 11.2. The molecule has 120 valence electrons. The van der Waals surface area contributed by atoms with Crippen molar-refractivity contribution in [3.63, 3.8) is 0 Å². The first-order valence-corrected chi connectivity index (χ1v) is 7.87. The van der Waals surface area contributed by atoms with E-state index in [1.807, 2.05) is 47.4 Å². The third-order valence-electron chi connectivity index (χ3n) is 4.35. The smallest absolute Gasteiger partial charge is 0.254 e. The quantitative estimate of drug-likeness (QED) is 0.874. The Labute approximate surface area is 137 Å². The molecule has 4 nitrogen and oxygen atoms in total. The average molecular weight is 310 g/mol. The molecule has 0 N–H and O–H groups in total. The molecular weight excluding hydrogens is 288 g/mol. The molecule has 1 aliphatic rings. The summed E-state index contributed by atoms with van der Waals surface area (Å²) >= 11 is 0. The van der Waals surface area contributed by atoms with Crippen molar-refractivity contribution in [2.24, 2.45) is 0 Å². The second-order valence-corrected chi connectivity index (χ2v) is 5.92. The standard InChI is InChI=1S/C19H22N2O2/c1-20-11-12-21(18(14-20)15-7-4-3-5-8-15)19(22)16-9-6-10-17(13-16)23-2/h3-10,13,18H,11-12,14H2,1-2H3/t18-/m1/s1. The van der Waals surface area contributed by atoms with Crippen molar-refractivity contribution in [1.29, 1.82) is 0 Å². The molecule has 2 aromatic carbocycles. The Morgan fingerprint density at radius 1 is 1.09 bits per heavy atom. The first-order valence-electron chi connectivity index (χ1n) is 7.87. The van der Waals surface area contributed by atoms with Crippen LogP contribution in [-0.2, 0) is 0 Å². The van der Waals surface area contributed by atoms with Gasteiger partial charge < -0.3 is 14.5 Å². The Morgan fingerprint density at radius 3 is 2.61 bits per heavy atom. The number of carbonyl (C=O) groups excluding carboxylic acids is 1. The van der Waals surface area contributed by atoms with E-state index in [1.165, 1.54) is 5.56 Å². The van der Waals surface area contributed by atoms with Gasteiger partial charge in [-0.05, 0) is 30.8 Å². The molecule has 0 spiro atoms. The van der Waals surface area contributed by atoms with Crippen LogP contribution in [-0.4, -0.2) is 49.5 Å². The number of amides is 1. The highest BCUT2D eigenvalue weighted by atomic mass is 16.5. The van der Waals surface area contributed by atoms with Gasteiger partial charge in [0.15, 0.2) is 0 Å². The molecule has 4 heteroatoms. The van der Waals surface area contributed by atoms with Crippen molar-refractivity contribution in [2.75, 3.05) is 33.8 Å². The Balaban J connectivity index is 1.90. The van der Waals surface area contributed by atoms with Gasteiger partial charge in [-0.15, -0.1) is 0 Å². The van der Waals surface area contributed by atoms with Gasteiger partial charge in [0.2, 0.25) is 0 Å². The maximum Gasteiger partial charge on any atom is 0.254 e. The highest BCUT2D eigenvalue weighted by Gasteiger charge is 2.30. The largest absolute Gasteiger partial charge is 0.497 e. The van der Waals surface area contributed by atoms with E-state index in [0.29, 0.717) is 11.3 Å². The molecule has 1 aliphatic heterocycles. The van der Waals surface area contributed by atoms with Crippen LogP contribution in [0.5, 0.6) is 5.75 Å². The van der Waals surface area contributed by atoms with E-state index in [1.54, 1.807) is 7.11 Å². The van der Waals surface area contributed by atoms with Gasteiger partial charge in [-0.3, -0.25) is 4.79 Å². The normalized spacial score (nSPS) is 18.7. The molecule has 1 atom stereocenters. The van der Waals surface area contributed by atoms with Gasteiger partial charge >= 0.3 is 0 Å². The molecule has 1 heterocycles. The predicted molar refractivity (Wildman–Crippen MR) is 90.7 cm³/mol. The van der Waals surface area contributed by atoms with Crippen molar-refractivity contribution < 1.29 is 9.53 Å². The second kappa shape index (κ2) is 6.84. The lowest BCUT2D eigenvalue weighted by molar-refractivity contribution is 0.0497. The van der Waals surface area contributed by atoms with Gasteiger partial charge in [-0.1, -0.05) is 36.4 Å². The van der Waals surface area contributed by atoms with Gasteiger partial charge in [0.25, 0.3) is 5.91 Å². The first kappa shape index (κ1) is 15.6. The lowest BCUT2D eigenvalue weighted by Crippen LogP contribution is -2.49. The fraction of sp³-hybridized carbons (Fsp3) is 0.316. The molecule has 1 amide bonds. The van der Waals surface area contributed by atoms with Crippen LogP contribution in [0.2, 0.25) is 0 Å². The van der Waals surface area contributed by atoms with Crippen molar-refractivity contribution >= 4 is 5.91 Å². The summed E-state index contributed by atoms with van der Waals surface area (Å²) in [6, 6.07) is 17.7. The average Bonchev–Trinajstić information content (AvgIpc) is 2.62. The number of piperazine rings is 1. The summed E-state index contributed by atoms with van der Waals surface area (Å²) in [5, 5.41) is 0. The van der Waals surface area contributed by atoms with E-state index in [2.05, 4.69) is 24.1 Å². The highest BCUT2D eigenvalue weighted by Crippen LogP contribution is 2.27. The van der Waals surface area contributed by atoms with Crippen molar-refractivity contribution in [3.8, 4) is 5.75 Å². The molecule has 0 radical (unpaired) electrons. The SMILES string of the molecule is COc1cccc(C(=O)N2CCN(C)C[C@@H]2c2ccccc2)c1. The van der Waals surface area contributed by atoms with E-state index >= 15 is 0 Å². The summed E-state index contributed by atoms with van der Waals surface area (Å²) in [5.74, 6) is 0.770. The summed E-state index contributed by atoms with van der Waals surface area (Å²) in [5.41, 5.74) is 1.85. The van der Waals surface area contributed by atoms with Gasteiger partial charge in [-0.25, -0.2) is 0 Å². The molecule has 1 fully saturated rings. The van der Waals surface area contributed by atoms with E-state index in [-0.39, 0.29) is 11.9 Å².